The van der Waals surface area contributed by atoms with E-state index in [1.165, 1.54) is 12.1 Å². The molecule has 2 unspecified atom stereocenters. The van der Waals surface area contributed by atoms with Crippen molar-refractivity contribution in [2.24, 2.45) is 5.92 Å². The van der Waals surface area contributed by atoms with E-state index in [4.69, 9.17) is 16.3 Å². The van der Waals surface area contributed by atoms with Gasteiger partial charge in [-0.25, -0.2) is 4.39 Å². The van der Waals surface area contributed by atoms with Gasteiger partial charge in [-0.1, -0.05) is 19.1 Å². The molecule has 15 heavy (non-hydrogen) atoms. The van der Waals surface area contributed by atoms with Crippen LogP contribution < -0.4 is 0 Å². The lowest BCUT2D eigenvalue weighted by Gasteiger charge is -2.21. The molecule has 0 aliphatic heterocycles. The summed E-state index contributed by atoms with van der Waals surface area (Å²) in [5, 5.41) is 0. The van der Waals surface area contributed by atoms with E-state index in [-0.39, 0.29) is 11.7 Å². The van der Waals surface area contributed by atoms with Crippen LogP contribution >= 0.6 is 11.6 Å². The van der Waals surface area contributed by atoms with Crippen molar-refractivity contribution in [1.82, 2.24) is 0 Å². The molecular formula is C12H16ClFO. The highest BCUT2D eigenvalue weighted by Gasteiger charge is 2.18. The average Bonchev–Trinajstić information content (AvgIpc) is 2.22. The molecule has 0 N–H and O–H groups in total. The van der Waals surface area contributed by atoms with Crippen molar-refractivity contribution in [2.75, 3.05) is 19.6 Å². The second-order valence-corrected chi connectivity index (χ2v) is 4.05. The third-order valence-corrected chi connectivity index (χ3v) is 2.91. The summed E-state index contributed by atoms with van der Waals surface area (Å²) in [6.07, 6.45) is 0. The van der Waals surface area contributed by atoms with Crippen LogP contribution in [0.25, 0.3) is 0 Å². The summed E-state index contributed by atoms with van der Waals surface area (Å²) in [6, 6.07) is 6.51. The number of benzene rings is 1. The van der Waals surface area contributed by atoms with Crippen LogP contribution in [0.5, 0.6) is 0 Å². The lowest BCUT2D eigenvalue weighted by molar-refractivity contribution is 0.150. The highest BCUT2D eigenvalue weighted by atomic mass is 35.5. The molecule has 84 valence electrons. The standard InChI is InChI=1S/C12H16ClFO/c1-9(8-15-2)12(7-13)10-3-5-11(14)6-4-10/h3-6,9,12H,7-8H2,1-2H3. The molecule has 0 saturated heterocycles. The van der Waals surface area contributed by atoms with Gasteiger partial charge in [0.15, 0.2) is 0 Å². The predicted molar refractivity (Wildman–Crippen MR) is 60.9 cm³/mol. The average molecular weight is 231 g/mol. The zero-order valence-electron chi connectivity index (χ0n) is 9.04. The van der Waals surface area contributed by atoms with E-state index in [2.05, 4.69) is 6.92 Å². The van der Waals surface area contributed by atoms with Crippen molar-refractivity contribution in [3.63, 3.8) is 0 Å². The minimum atomic E-state index is -0.216. The quantitative estimate of drug-likeness (QED) is 0.705. The van der Waals surface area contributed by atoms with E-state index in [0.29, 0.717) is 18.4 Å². The molecule has 0 heterocycles. The van der Waals surface area contributed by atoms with Crippen LogP contribution in [-0.2, 0) is 4.74 Å². The molecule has 0 aliphatic carbocycles. The number of rotatable bonds is 5. The molecule has 1 aromatic carbocycles. The Morgan fingerprint density at radius 3 is 2.40 bits per heavy atom. The number of methoxy groups -OCH3 is 1. The maximum absolute atomic E-state index is 12.7. The predicted octanol–water partition coefficient (Wildman–Crippen LogP) is 3.43. The fraction of sp³-hybridized carbons (Fsp3) is 0.500. The van der Waals surface area contributed by atoms with Crippen LogP contribution in [0.4, 0.5) is 4.39 Å². The third kappa shape index (κ3) is 3.47. The number of halogens is 2. The van der Waals surface area contributed by atoms with Crippen molar-refractivity contribution in [2.45, 2.75) is 12.8 Å². The molecule has 0 radical (unpaired) electrons. The summed E-state index contributed by atoms with van der Waals surface area (Å²) >= 11 is 5.92. The first-order chi connectivity index (χ1) is 7.19. The highest BCUT2D eigenvalue weighted by Crippen LogP contribution is 2.26. The van der Waals surface area contributed by atoms with Crippen molar-refractivity contribution in [3.8, 4) is 0 Å². The number of alkyl halides is 1. The first-order valence-electron chi connectivity index (χ1n) is 4.99. The van der Waals surface area contributed by atoms with Crippen molar-refractivity contribution in [1.29, 1.82) is 0 Å². The first-order valence-corrected chi connectivity index (χ1v) is 5.52. The fourth-order valence-electron chi connectivity index (χ4n) is 1.66. The largest absolute Gasteiger partial charge is 0.384 e. The Hall–Kier alpha value is -0.600. The maximum Gasteiger partial charge on any atom is 0.123 e. The van der Waals surface area contributed by atoms with Crippen molar-refractivity contribution in [3.05, 3.63) is 35.6 Å². The van der Waals surface area contributed by atoms with Gasteiger partial charge in [0.1, 0.15) is 5.82 Å². The van der Waals surface area contributed by atoms with Gasteiger partial charge in [0, 0.05) is 25.5 Å². The summed E-state index contributed by atoms with van der Waals surface area (Å²) in [4.78, 5) is 0. The Bertz CT molecular complexity index is 286. The molecule has 0 saturated carbocycles. The second-order valence-electron chi connectivity index (χ2n) is 3.74. The Morgan fingerprint density at radius 1 is 1.33 bits per heavy atom. The molecule has 0 spiro atoms. The summed E-state index contributed by atoms with van der Waals surface area (Å²) in [7, 11) is 1.67. The van der Waals surface area contributed by atoms with Crippen LogP contribution in [0.15, 0.2) is 24.3 Å². The van der Waals surface area contributed by atoms with Gasteiger partial charge in [0.25, 0.3) is 0 Å². The Balaban J connectivity index is 2.77. The van der Waals surface area contributed by atoms with Crippen LogP contribution in [0.2, 0.25) is 0 Å². The smallest absolute Gasteiger partial charge is 0.123 e. The highest BCUT2D eigenvalue weighted by molar-refractivity contribution is 6.18. The third-order valence-electron chi connectivity index (χ3n) is 2.58. The minimum Gasteiger partial charge on any atom is -0.384 e. The van der Waals surface area contributed by atoms with Gasteiger partial charge in [0.05, 0.1) is 0 Å². The number of ether oxygens (including phenoxy) is 1. The van der Waals surface area contributed by atoms with Gasteiger partial charge in [-0.05, 0) is 23.6 Å². The van der Waals surface area contributed by atoms with Gasteiger partial charge in [0.2, 0.25) is 0 Å². The fourth-order valence-corrected chi connectivity index (χ4v) is 2.14. The number of hydrogen-bond acceptors (Lipinski definition) is 1. The molecule has 0 amide bonds. The molecule has 1 aromatic rings. The zero-order chi connectivity index (χ0) is 11.3. The van der Waals surface area contributed by atoms with Crippen LogP contribution in [0, 0.1) is 11.7 Å². The Labute approximate surface area is 95.2 Å². The first kappa shape index (κ1) is 12.5. The summed E-state index contributed by atoms with van der Waals surface area (Å²) in [5.74, 6) is 0.854. The molecule has 1 nitrogen and oxygen atoms in total. The van der Waals surface area contributed by atoms with E-state index >= 15 is 0 Å². The van der Waals surface area contributed by atoms with Crippen molar-refractivity contribution >= 4 is 11.6 Å². The summed E-state index contributed by atoms with van der Waals surface area (Å²) in [6.45, 7) is 2.74. The van der Waals surface area contributed by atoms with Gasteiger partial charge in [-0.15, -0.1) is 11.6 Å². The molecule has 0 bridgehead atoms. The van der Waals surface area contributed by atoms with Gasteiger partial charge in [-0.3, -0.25) is 0 Å². The SMILES string of the molecule is COCC(C)C(CCl)c1ccc(F)cc1. The van der Waals surface area contributed by atoms with E-state index in [1.807, 2.05) is 0 Å². The second kappa shape index (κ2) is 6.09. The van der Waals surface area contributed by atoms with E-state index in [9.17, 15) is 4.39 Å². The monoisotopic (exact) mass is 230 g/mol. The van der Waals surface area contributed by atoms with E-state index in [1.54, 1.807) is 19.2 Å². The van der Waals surface area contributed by atoms with Gasteiger partial charge < -0.3 is 4.74 Å². The van der Waals surface area contributed by atoms with Gasteiger partial charge >= 0.3 is 0 Å². The molecule has 0 aromatic heterocycles. The topological polar surface area (TPSA) is 9.23 Å². The number of hydrogen-bond donors (Lipinski definition) is 0. The Morgan fingerprint density at radius 2 is 1.93 bits per heavy atom. The lowest BCUT2D eigenvalue weighted by Crippen LogP contribution is -2.16. The minimum absolute atomic E-state index is 0.215. The maximum atomic E-state index is 12.7. The van der Waals surface area contributed by atoms with Gasteiger partial charge in [-0.2, -0.15) is 0 Å². The molecular weight excluding hydrogens is 215 g/mol. The molecule has 2 atom stereocenters. The van der Waals surface area contributed by atoms with Crippen molar-refractivity contribution < 1.29 is 9.13 Å². The lowest BCUT2D eigenvalue weighted by atomic mass is 9.89. The summed E-state index contributed by atoms with van der Waals surface area (Å²) < 4.78 is 17.8. The molecule has 0 fully saturated rings. The van der Waals surface area contributed by atoms with E-state index in [0.717, 1.165) is 5.56 Å². The normalized spacial score (nSPS) is 14.9. The Kier molecular flexibility index (Phi) is 5.06. The zero-order valence-corrected chi connectivity index (χ0v) is 9.80. The van der Waals surface area contributed by atoms with Crippen LogP contribution in [0.1, 0.15) is 18.4 Å². The molecule has 3 heteroatoms. The van der Waals surface area contributed by atoms with E-state index < -0.39 is 0 Å². The van der Waals surface area contributed by atoms with Crippen LogP contribution in [-0.4, -0.2) is 19.6 Å². The summed E-state index contributed by atoms with van der Waals surface area (Å²) in [5.41, 5.74) is 1.07. The van der Waals surface area contributed by atoms with Crippen LogP contribution in [0.3, 0.4) is 0 Å². The molecule has 1 rings (SSSR count). The molecule has 0 aliphatic rings.